The molecule has 0 unspecified atom stereocenters. The molecule has 7 heteroatoms. The topological polar surface area (TPSA) is 57.3 Å². The molecule has 1 aliphatic rings. The van der Waals surface area contributed by atoms with Gasteiger partial charge in [0.15, 0.2) is 4.47 Å². The highest BCUT2D eigenvalue weighted by Gasteiger charge is 2.23. The second-order valence-electron chi connectivity index (χ2n) is 4.33. The van der Waals surface area contributed by atoms with Gasteiger partial charge in [-0.1, -0.05) is 23.7 Å². The van der Waals surface area contributed by atoms with Crippen molar-refractivity contribution in [3.8, 4) is 0 Å². The van der Waals surface area contributed by atoms with E-state index in [1.807, 2.05) is 24.3 Å². The summed E-state index contributed by atoms with van der Waals surface area (Å²) in [6.45, 7) is 2.00. The SMILES string of the molecule is O=C1NCCN1c1ccccc1NCc1cnc(Cl)s1. The lowest BCUT2D eigenvalue weighted by Gasteiger charge is -2.19. The van der Waals surface area contributed by atoms with Crippen LogP contribution in [-0.4, -0.2) is 24.1 Å². The van der Waals surface area contributed by atoms with Gasteiger partial charge < -0.3 is 10.6 Å². The number of carbonyl (C=O) groups excluding carboxylic acids is 1. The highest BCUT2D eigenvalue weighted by molar-refractivity contribution is 7.15. The smallest absolute Gasteiger partial charge is 0.322 e. The van der Waals surface area contributed by atoms with E-state index in [2.05, 4.69) is 15.6 Å². The van der Waals surface area contributed by atoms with Crippen molar-refractivity contribution in [3.05, 3.63) is 39.8 Å². The maximum atomic E-state index is 11.8. The molecule has 3 rings (SSSR count). The van der Waals surface area contributed by atoms with Crippen LogP contribution in [0.25, 0.3) is 0 Å². The number of hydrogen-bond acceptors (Lipinski definition) is 4. The summed E-state index contributed by atoms with van der Waals surface area (Å²) in [7, 11) is 0. The molecule has 1 aromatic carbocycles. The average molecular weight is 309 g/mol. The molecule has 1 aliphatic heterocycles. The fourth-order valence-corrected chi connectivity index (χ4v) is 3.03. The third-order valence-corrected chi connectivity index (χ3v) is 4.14. The molecule has 0 bridgehead atoms. The van der Waals surface area contributed by atoms with E-state index >= 15 is 0 Å². The number of benzene rings is 1. The maximum Gasteiger partial charge on any atom is 0.322 e. The van der Waals surface area contributed by atoms with Crippen LogP contribution in [0.3, 0.4) is 0 Å². The Bertz CT molecular complexity index is 630. The molecule has 0 atom stereocenters. The van der Waals surface area contributed by atoms with Gasteiger partial charge in [0, 0.05) is 24.2 Å². The van der Waals surface area contributed by atoms with Crippen LogP contribution >= 0.6 is 22.9 Å². The number of para-hydroxylation sites is 2. The molecule has 0 saturated carbocycles. The Balaban J connectivity index is 1.77. The third kappa shape index (κ3) is 2.71. The normalized spacial score (nSPS) is 14.4. The minimum absolute atomic E-state index is 0.0555. The van der Waals surface area contributed by atoms with Crippen molar-refractivity contribution >= 4 is 40.3 Å². The van der Waals surface area contributed by atoms with Gasteiger partial charge in [-0.2, -0.15) is 0 Å². The average Bonchev–Trinajstić information content (AvgIpc) is 3.05. The van der Waals surface area contributed by atoms with Gasteiger partial charge in [0.1, 0.15) is 0 Å². The van der Waals surface area contributed by atoms with Gasteiger partial charge in [-0.15, -0.1) is 11.3 Å². The fourth-order valence-electron chi connectivity index (χ4n) is 2.11. The van der Waals surface area contributed by atoms with Crippen LogP contribution in [0.4, 0.5) is 16.2 Å². The molecular formula is C13H13ClN4OS. The monoisotopic (exact) mass is 308 g/mol. The number of hydrogen-bond donors (Lipinski definition) is 2. The molecule has 0 aliphatic carbocycles. The molecule has 104 valence electrons. The summed E-state index contributed by atoms with van der Waals surface area (Å²) in [5.41, 5.74) is 1.81. The Morgan fingerprint density at radius 3 is 3.00 bits per heavy atom. The van der Waals surface area contributed by atoms with Crippen LogP contribution in [0.5, 0.6) is 0 Å². The molecule has 2 heterocycles. The number of carbonyl (C=O) groups is 1. The van der Waals surface area contributed by atoms with E-state index in [1.54, 1.807) is 11.1 Å². The predicted octanol–water partition coefficient (Wildman–Crippen LogP) is 2.94. The van der Waals surface area contributed by atoms with Crippen LogP contribution in [0.1, 0.15) is 4.88 Å². The predicted molar refractivity (Wildman–Crippen MR) is 81.6 cm³/mol. The zero-order chi connectivity index (χ0) is 13.9. The van der Waals surface area contributed by atoms with Crippen molar-refractivity contribution in [1.82, 2.24) is 10.3 Å². The van der Waals surface area contributed by atoms with E-state index < -0.39 is 0 Å². The van der Waals surface area contributed by atoms with E-state index in [0.29, 0.717) is 24.1 Å². The first-order valence-corrected chi connectivity index (χ1v) is 7.42. The fraction of sp³-hybridized carbons (Fsp3) is 0.231. The van der Waals surface area contributed by atoms with Gasteiger partial charge in [-0.3, -0.25) is 4.90 Å². The highest BCUT2D eigenvalue weighted by atomic mass is 35.5. The number of rotatable bonds is 4. The molecular weight excluding hydrogens is 296 g/mol. The molecule has 20 heavy (non-hydrogen) atoms. The van der Waals surface area contributed by atoms with Crippen LogP contribution in [0.15, 0.2) is 30.5 Å². The van der Waals surface area contributed by atoms with Crippen molar-refractivity contribution in [2.24, 2.45) is 0 Å². The zero-order valence-corrected chi connectivity index (χ0v) is 12.2. The van der Waals surface area contributed by atoms with Gasteiger partial charge in [-0.05, 0) is 12.1 Å². The van der Waals surface area contributed by atoms with Crippen LogP contribution in [0, 0.1) is 0 Å². The first-order valence-electron chi connectivity index (χ1n) is 6.22. The summed E-state index contributed by atoms with van der Waals surface area (Å²) in [5.74, 6) is 0. The molecule has 2 N–H and O–H groups in total. The van der Waals surface area contributed by atoms with Crippen molar-refractivity contribution in [1.29, 1.82) is 0 Å². The number of urea groups is 1. The lowest BCUT2D eigenvalue weighted by atomic mass is 10.2. The Hall–Kier alpha value is -1.79. The lowest BCUT2D eigenvalue weighted by molar-refractivity contribution is 0.252. The van der Waals surface area contributed by atoms with Gasteiger partial charge in [-0.25, -0.2) is 9.78 Å². The number of nitrogens with one attached hydrogen (secondary N) is 2. The minimum Gasteiger partial charge on any atom is -0.378 e. The minimum atomic E-state index is -0.0555. The highest BCUT2D eigenvalue weighted by Crippen LogP contribution is 2.28. The summed E-state index contributed by atoms with van der Waals surface area (Å²) in [4.78, 5) is 18.6. The summed E-state index contributed by atoms with van der Waals surface area (Å²) in [6.07, 6.45) is 1.76. The van der Waals surface area contributed by atoms with E-state index in [0.717, 1.165) is 16.3 Å². The number of halogens is 1. The molecule has 0 spiro atoms. The zero-order valence-electron chi connectivity index (χ0n) is 10.6. The second kappa shape index (κ2) is 5.68. The molecule has 2 amide bonds. The molecule has 5 nitrogen and oxygen atoms in total. The summed E-state index contributed by atoms with van der Waals surface area (Å²) in [6, 6.07) is 7.71. The van der Waals surface area contributed by atoms with Gasteiger partial charge >= 0.3 is 6.03 Å². The maximum absolute atomic E-state index is 11.8. The molecule has 0 radical (unpaired) electrons. The number of nitrogens with zero attached hydrogens (tertiary/aromatic N) is 2. The Morgan fingerprint density at radius 1 is 1.45 bits per heavy atom. The molecule has 1 saturated heterocycles. The standard InChI is InChI=1S/C13H13ClN4OS/c14-12-17-8-9(20-12)7-16-10-3-1-2-4-11(10)18-6-5-15-13(18)19/h1-4,8,16H,5-7H2,(H,15,19). The quantitative estimate of drug-likeness (QED) is 0.913. The van der Waals surface area contributed by atoms with E-state index in [9.17, 15) is 4.79 Å². The number of thiazole rings is 1. The van der Waals surface area contributed by atoms with Gasteiger partial charge in [0.25, 0.3) is 0 Å². The van der Waals surface area contributed by atoms with E-state index in [4.69, 9.17) is 11.6 Å². The summed E-state index contributed by atoms with van der Waals surface area (Å²) >= 11 is 7.26. The molecule has 2 aromatic rings. The first-order chi connectivity index (χ1) is 9.74. The summed E-state index contributed by atoms with van der Waals surface area (Å²) < 4.78 is 0.536. The van der Waals surface area contributed by atoms with Crippen LogP contribution in [-0.2, 0) is 6.54 Å². The Kier molecular flexibility index (Phi) is 3.75. The van der Waals surface area contributed by atoms with E-state index in [1.165, 1.54) is 11.3 Å². The van der Waals surface area contributed by atoms with Gasteiger partial charge in [0.05, 0.1) is 17.9 Å². The second-order valence-corrected chi connectivity index (χ2v) is 6.03. The molecule has 1 aromatic heterocycles. The van der Waals surface area contributed by atoms with E-state index in [-0.39, 0.29) is 6.03 Å². The lowest BCUT2D eigenvalue weighted by Crippen LogP contribution is -2.28. The van der Waals surface area contributed by atoms with Crippen molar-refractivity contribution < 1.29 is 4.79 Å². The van der Waals surface area contributed by atoms with Crippen molar-refractivity contribution in [2.45, 2.75) is 6.54 Å². The van der Waals surface area contributed by atoms with Crippen molar-refractivity contribution in [3.63, 3.8) is 0 Å². The van der Waals surface area contributed by atoms with Crippen LogP contribution in [0.2, 0.25) is 4.47 Å². The Morgan fingerprint density at radius 2 is 2.30 bits per heavy atom. The number of aromatic nitrogens is 1. The summed E-state index contributed by atoms with van der Waals surface area (Å²) in [5, 5.41) is 6.14. The third-order valence-electron chi connectivity index (χ3n) is 3.03. The number of anilines is 2. The van der Waals surface area contributed by atoms with Gasteiger partial charge in [0.2, 0.25) is 0 Å². The van der Waals surface area contributed by atoms with Crippen LogP contribution < -0.4 is 15.5 Å². The molecule has 1 fully saturated rings. The first kappa shape index (κ1) is 13.2. The Labute approximate surface area is 125 Å². The largest absolute Gasteiger partial charge is 0.378 e. The number of amides is 2. The van der Waals surface area contributed by atoms with Crippen molar-refractivity contribution in [2.75, 3.05) is 23.3 Å².